The van der Waals surface area contributed by atoms with E-state index in [4.69, 9.17) is 9.47 Å². The van der Waals surface area contributed by atoms with E-state index in [2.05, 4.69) is 15.3 Å². The third-order valence-corrected chi connectivity index (χ3v) is 9.14. The second-order valence-corrected chi connectivity index (χ2v) is 13.6. The van der Waals surface area contributed by atoms with Crippen LogP contribution in [0.5, 0.6) is 0 Å². The number of amides is 1. The summed E-state index contributed by atoms with van der Waals surface area (Å²) in [5.74, 6) is -1.31. The van der Waals surface area contributed by atoms with E-state index in [1.54, 1.807) is 6.92 Å². The first kappa shape index (κ1) is 40.4. The molecule has 2 aromatic heterocycles. The predicted octanol–water partition coefficient (Wildman–Crippen LogP) is 8.35. The lowest BCUT2D eigenvalue weighted by Crippen LogP contribution is -2.47. The van der Waals surface area contributed by atoms with Gasteiger partial charge in [-0.25, -0.2) is 14.8 Å². The van der Waals surface area contributed by atoms with Crippen LogP contribution < -0.4 is 15.1 Å². The molecule has 1 amide bonds. The lowest BCUT2D eigenvalue weighted by Gasteiger charge is -2.40. The van der Waals surface area contributed by atoms with Gasteiger partial charge in [0.2, 0.25) is 0 Å². The van der Waals surface area contributed by atoms with Gasteiger partial charge in [0.25, 0.3) is 0 Å². The molecule has 54 heavy (non-hydrogen) atoms. The monoisotopic (exact) mass is 777 g/mol. The number of carbonyl (C=O) groups excluding carboxylic acids is 1. The Labute approximate surface area is 303 Å². The second kappa shape index (κ2) is 15.1. The number of nitrogens with zero attached hydrogens (tertiary/aromatic N) is 4. The van der Waals surface area contributed by atoms with E-state index >= 15 is 0 Å². The molecule has 19 heteroatoms. The quantitative estimate of drug-likeness (QED) is 0.207. The number of alkyl halides is 9. The number of anilines is 3. The summed E-state index contributed by atoms with van der Waals surface area (Å²) in [5.41, 5.74) is -5.94. The summed E-state index contributed by atoms with van der Waals surface area (Å²) >= 11 is 0. The number of hydrogen-bond donors (Lipinski definition) is 2. The molecule has 0 bridgehead atoms. The highest BCUT2D eigenvalue weighted by atomic mass is 19.4. The van der Waals surface area contributed by atoms with E-state index in [0.717, 1.165) is 11.0 Å². The number of carboxylic acid groups (broad SMARTS) is 1. The predicted molar refractivity (Wildman–Crippen MR) is 176 cm³/mol. The number of aliphatic carboxylic acids is 1. The summed E-state index contributed by atoms with van der Waals surface area (Å²) in [5, 5.41) is 12.5. The zero-order valence-corrected chi connectivity index (χ0v) is 29.1. The summed E-state index contributed by atoms with van der Waals surface area (Å²) in [4.78, 5) is 36.3. The van der Waals surface area contributed by atoms with Crippen LogP contribution in [0.2, 0.25) is 0 Å². The Morgan fingerprint density at radius 1 is 0.944 bits per heavy atom. The van der Waals surface area contributed by atoms with Gasteiger partial charge in [-0.15, -0.1) is 0 Å². The molecule has 10 nitrogen and oxygen atoms in total. The molecule has 1 fully saturated rings. The molecule has 2 atom stereocenters. The topological polar surface area (TPSA) is 117 Å². The van der Waals surface area contributed by atoms with Crippen LogP contribution in [0, 0.1) is 5.41 Å². The fourth-order valence-electron chi connectivity index (χ4n) is 6.13. The van der Waals surface area contributed by atoms with Crippen LogP contribution in [0.25, 0.3) is 0 Å². The van der Waals surface area contributed by atoms with E-state index in [1.807, 2.05) is 4.90 Å². The third kappa shape index (κ3) is 9.10. The largest absolute Gasteiger partial charge is 0.481 e. The normalized spacial score (nSPS) is 18.3. The van der Waals surface area contributed by atoms with Crippen LogP contribution in [0.4, 0.5) is 61.5 Å². The Morgan fingerprint density at radius 2 is 1.57 bits per heavy atom. The maximum atomic E-state index is 14.0. The number of fused-ring (bicyclic) bond motifs is 1. The molecule has 294 valence electrons. The van der Waals surface area contributed by atoms with Crippen molar-refractivity contribution in [3.8, 4) is 0 Å². The number of carboxylic acids is 1. The fourth-order valence-corrected chi connectivity index (χ4v) is 6.13. The number of hydrogen-bond acceptors (Lipinski definition) is 8. The minimum atomic E-state index is -5.11. The summed E-state index contributed by atoms with van der Waals surface area (Å²) in [6.07, 6.45) is -15.1. The number of benzene rings is 1. The van der Waals surface area contributed by atoms with Crippen molar-refractivity contribution in [1.82, 2.24) is 9.97 Å². The average Bonchev–Trinajstić information content (AvgIpc) is 3.10. The molecular formula is C35H36F9N5O5. The van der Waals surface area contributed by atoms with Gasteiger partial charge in [-0.1, -0.05) is 6.92 Å². The molecular weight excluding hydrogens is 741 g/mol. The van der Waals surface area contributed by atoms with Gasteiger partial charge in [0, 0.05) is 31.1 Å². The molecule has 0 aliphatic carbocycles. The number of nitrogens with one attached hydrogen (secondary N) is 1. The summed E-state index contributed by atoms with van der Waals surface area (Å²) in [6.45, 7) is 5.27. The van der Waals surface area contributed by atoms with E-state index in [1.165, 1.54) is 26.1 Å². The molecule has 4 heterocycles. The van der Waals surface area contributed by atoms with Crippen LogP contribution in [0.1, 0.15) is 73.3 Å². The van der Waals surface area contributed by atoms with Crippen LogP contribution in [0.15, 0.2) is 42.6 Å². The van der Waals surface area contributed by atoms with E-state index in [9.17, 15) is 54.2 Å². The van der Waals surface area contributed by atoms with Crippen molar-refractivity contribution in [3.63, 3.8) is 0 Å². The number of pyridine rings is 2. The van der Waals surface area contributed by atoms with Gasteiger partial charge >= 0.3 is 30.6 Å². The van der Waals surface area contributed by atoms with Gasteiger partial charge < -0.3 is 24.8 Å². The Bertz CT molecular complexity index is 1830. The van der Waals surface area contributed by atoms with Crippen molar-refractivity contribution in [2.24, 2.45) is 5.41 Å². The van der Waals surface area contributed by atoms with Crippen LogP contribution in [-0.2, 0) is 39.2 Å². The van der Waals surface area contributed by atoms with Crippen molar-refractivity contribution < 1.29 is 63.7 Å². The highest BCUT2D eigenvalue weighted by molar-refractivity contribution is 5.90. The first-order valence-corrected chi connectivity index (χ1v) is 16.7. The molecule has 0 saturated carbocycles. The van der Waals surface area contributed by atoms with Gasteiger partial charge in [0.1, 0.15) is 18.1 Å². The maximum absolute atomic E-state index is 14.0. The minimum Gasteiger partial charge on any atom is -0.481 e. The summed E-state index contributed by atoms with van der Waals surface area (Å²) in [6, 6.07) is 2.57. The molecule has 0 spiro atoms. The molecule has 5 rings (SSSR count). The molecule has 0 radical (unpaired) electrons. The van der Waals surface area contributed by atoms with Gasteiger partial charge in [-0.2, -0.15) is 39.5 Å². The van der Waals surface area contributed by atoms with Crippen LogP contribution >= 0.6 is 0 Å². The van der Waals surface area contributed by atoms with E-state index < -0.39 is 77.9 Å². The zero-order chi connectivity index (χ0) is 39.8. The molecule has 2 N–H and O–H groups in total. The van der Waals surface area contributed by atoms with Gasteiger partial charge in [0.15, 0.2) is 0 Å². The average molecular weight is 778 g/mol. The minimum absolute atomic E-state index is 0.0121. The molecule has 0 unspecified atom stereocenters. The Kier molecular flexibility index (Phi) is 11.3. The number of aromatic nitrogens is 2. The van der Waals surface area contributed by atoms with Crippen molar-refractivity contribution >= 4 is 29.3 Å². The van der Waals surface area contributed by atoms with Gasteiger partial charge in [-0.3, -0.25) is 9.69 Å². The first-order chi connectivity index (χ1) is 25.1. The third-order valence-electron chi connectivity index (χ3n) is 9.14. The summed E-state index contributed by atoms with van der Waals surface area (Å²) < 4.78 is 135. The number of carbonyl (C=O) groups is 2. The Hall–Kier alpha value is -4.81. The number of ether oxygens (including phenoxy) is 2. The highest BCUT2D eigenvalue weighted by Crippen LogP contribution is 2.43. The van der Waals surface area contributed by atoms with Crippen LogP contribution in [0.3, 0.4) is 0 Å². The van der Waals surface area contributed by atoms with Crippen molar-refractivity contribution in [2.45, 2.75) is 70.6 Å². The van der Waals surface area contributed by atoms with E-state index in [0.29, 0.717) is 50.2 Å². The zero-order valence-electron chi connectivity index (χ0n) is 29.1. The van der Waals surface area contributed by atoms with E-state index in [-0.39, 0.29) is 47.2 Å². The standard InChI is InChI=1S/C35H36F9N5O5/c1-4-23-16-25(28-26(5-6-27(47-28)35(42,43)44)49(23)31(52)54-18-32(2,3)30(50)51)46-29-20(14-24(17-45-29)48-7-9-53-10-8-48)11-19-12-21(33(36,37)38)15-22(13-19)34(39,40)41/h5-6,12-15,17,23,25H,4,7-11,16,18H2,1-3H3,(H,45,46)(H,50,51)/t23-,25+/m1/s1. The molecule has 2 aliphatic heterocycles. The first-order valence-electron chi connectivity index (χ1n) is 16.7. The van der Waals surface area contributed by atoms with Crippen LogP contribution in [-0.4, -0.2) is 66.1 Å². The van der Waals surface area contributed by atoms with Crippen molar-refractivity contribution in [1.29, 1.82) is 0 Å². The lowest BCUT2D eigenvalue weighted by molar-refractivity contribution is -0.149. The van der Waals surface area contributed by atoms with Crippen molar-refractivity contribution in [3.05, 3.63) is 76.2 Å². The highest BCUT2D eigenvalue weighted by Gasteiger charge is 2.42. The molecule has 3 aromatic rings. The second-order valence-electron chi connectivity index (χ2n) is 13.6. The molecule has 1 aromatic carbocycles. The maximum Gasteiger partial charge on any atom is 0.433 e. The number of halogens is 9. The SMILES string of the molecule is CC[C@@H]1C[C@H](Nc2ncc(N3CCOCC3)cc2Cc2cc(C(F)(F)F)cc(C(F)(F)F)c2)c2nc(C(F)(F)F)ccc2N1C(=O)OCC(C)(C)C(=O)O. The van der Waals surface area contributed by atoms with Gasteiger partial charge in [-0.05, 0) is 68.7 Å². The summed E-state index contributed by atoms with van der Waals surface area (Å²) in [7, 11) is 0. The smallest absolute Gasteiger partial charge is 0.433 e. The Morgan fingerprint density at radius 3 is 2.13 bits per heavy atom. The van der Waals surface area contributed by atoms with Crippen molar-refractivity contribution in [2.75, 3.05) is 48.0 Å². The fraction of sp³-hybridized carbons (Fsp3) is 0.486. The molecule has 1 saturated heterocycles. The number of rotatable bonds is 9. The Balaban J connectivity index is 1.59. The van der Waals surface area contributed by atoms with Gasteiger partial charge in [0.05, 0.1) is 59.1 Å². The lowest BCUT2D eigenvalue weighted by atomic mass is 9.92. The number of morpholine rings is 1. The molecule has 2 aliphatic rings.